The van der Waals surface area contributed by atoms with Gasteiger partial charge < -0.3 is 16.0 Å². The molecule has 1 saturated heterocycles. The number of hydrogen-bond donors (Lipinski definition) is 3. The Kier molecular flexibility index (Phi) is 10.9. The van der Waals surface area contributed by atoms with Crippen molar-refractivity contribution in [3.63, 3.8) is 0 Å². The van der Waals surface area contributed by atoms with E-state index in [2.05, 4.69) is 40.8 Å². The molecule has 30 heavy (non-hydrogen) atoms. The van der Waals surface area contributed by atoms with E-state index in [-0.39, 0.29) is 35.8 Å². The van der Waals surface area contributed by atoms with Gasteiger partial charge in [-0.25, -0.2) is 4.99 Å². The van der Waals surface area contributed by atoms with Crippen LogP contribution in [0.5, 0.6) is 0 Å². The van der Waals surface area contributed by atoms with Crippen LogP contribution in [0, 0.1) is 5.92 Å². The van der Waals surface area contributed by atoms with Gasteiger partial charge in [-0.3, -0.25) is 9.69 Å². The highest BCUT2D eigenvalue weighted by Gasteiger charge is 2.23. The third-order valence-corrected chi connectivity index (χ3v) is 6.09. The Morgan fingerprint density at radius 3 is 2.67 bits per heavy atom. The lowest BCUT2D eigenvalue weighted by atomic mass is 10.1. The first kappa shape index (κ1) is 24.9. The zero-order valence-corrected chi connectivity index (χ0v) is 20.8. The Hall–Kier alpha value is -1.35. The third-order valence-electron chi connectivity index (χ3n) is 6.09. The number of hydrogen-bond acceptors (Lipinski definition) is 3. The van der Waals surface area contributed by atoms with Gasteiger partial charge in [-0.1, -0.05) is 31.9 Å². The zero-order valence-electron chi connectivity index (χ0n) is 18.5. The lowest BCUT2D eigenvalue weighted by Crippen LogP contribution is -2.44. The van der Waals surface area contributed by atoms with Crippen molar-refractivity contribution in [2.45, 2.75) is 65.0 Å². The van der Waals surface area contributed by atoms with E-state index in [9.17, 15) is 4.79 Å². The number of nitrogens with one attached hydrogen (secondary N) is 3. The predicted octanol–water partition coefficient (Wildman–Crippen LogP) is 3.97. The largest absolute Gasteiger partial charge is 0.357 e. The van der Waals surface area contributed by atoms with Crippen LogP contribution in [0.1, 0.15) is 57.9 Å². The predicted molar refractivity (Wildman–Crippen MR) is 136 cm³/mol. The standard InChI is InChI=1S/C23H37N5O.HI/c1-3-24-23(26-17-21-13-8-14-28(21)4-2)25-16-18-9-7-12-20(15-18)27-22(29)19-10-5-6-11-19;/h7,9,12,15,19,21H,3-6,8,10-11,13-14,16-17H2,1-2H3,(H,27,29)(H2,24,25,26);1H. The first-order chi connectivity index (χ1) is 14.2. The minimum Gasteiger partial charge on any atom is -0.357 e. The van der Waals surface area contributed by atoms with Crippen LogP contribution >= 0.6 is 24.0 Å². The summed E-state index contributed by atoms with van der Waals surface area (Å²) in [5, 5.41) is 9.94. The minimum atomic E-state index is 0. The Morgan fingerprint density at radius 1 is 1.13 bits per heavy atom. The van der Waals surface area contributed by atoms with Crippen LogP contribution in [-0.2, 0) is 11.3 Å². The van der Waals surface area contributed by atoms with Crippen molar-refractivity contribution in [3.8, 4) is 0 Å². The summed E-state index contributed by atoms with van der Waals surface area (Å²) in [5.41, 5.74) is 1.97. The maximum absolute atomic E-state index is 12.4. The SMILES string of the molecule is CCNC(=NCc1cccc(NC(=O)C2CCCC2)c1)NCC1CCCN1CC.I. The Bertz CT molecular complexity index is 690. The van der Waals surface area contributed by atoms with E-state index in [1.165, 1.54) is 32.2 Å². The normalized spacial score (nSPS) is 20.1. The van der Waals surface area contributed by atoms with Crippen LogP contribution in [0.4, 0.5) is 5.69 Å². The second-order valence-electron chi connectivity index (χ2n) is 8.17. The molecule has 1 heterocycles. The van der Waals surface area contributed by atoms with Crippen molar-refractivity contribution in [2.24, 2.45) is 10.9 Å². The van der Waals surface area contributed by atoms with Crippen LogP contribution in [0.25, 0.3) is 0 Å². The highest BCUT2D eigenvalue weighted by Crippen LogP contribution is 2.26. The fourth-order valence-electron chi connectivity index (χ4n) is 4.45. The number of nitrogens with zero attached hydrogens (tertiary/aromatic N) is 2. The van der Waals surface area contributed by atoms with E-state index in [0.29, 0.717) is 12.6 Å². The summed E-state index contributed by atoms with van der Waals surface area (Å²) in [6, 6.07) is 8.65. The molecule has 3 N–H and O–H groups in total. The number of likely N-dealkylation sites (N-methyl/N-ethyl adjacent to an activating group) is 1. The lowest BCUT2D eigenvalue weighted by molar-refractivity contribution is -0.119. The molecule has 1 aliphatic heterocycles. The first-order valence-electron chi connectivity index (χ1n) is 11.4. The smallest absolute Gasteiger partial charge is 0.227 e. The summed E-state index contributed by atoms with van der Waals surface area (Å²) < 4.78 is 0. The molecule has 1 amide bonds. The summed E-state index contributed by atoms with van der Waals surface area (Å²) in [7, 11) is 0. The molecule has 0 bridgehead atoms. The molecular weight excluding hydrogens is 489 g/mol. The quantitative estimate of drug-likeness (QED) is 0.272. The van der Waals surface area contributed by atoms with Gasteiger partial charge in [0.25, 0.3) is 0 Å². The van der Waals surface area contributed by atoms with Gasteiger partial charge >= 0.3 is 0 Å². The molecule has 6 nitrogen and oxygen atoms in total. The Labute approximate surface area is 198 Å². The van der Waals surface area contributed by atoms with Gasteiger partial charge in [-0.05, 0) is 63.4 Å². The van der Waals surface area contributed by atoms with Crippen LogP contribution in [-0.4, -0.2) is 49.0 Å². The van der Waals surface area contributed by atoms with Gasteiger partial charge in [0.15, 0.2) is 5.96 Å². The van der Waals surface area contributed by atoms with E-state index in [1.54, 1.807) is 0 Å². The topological polar surface area (TPSA) is 68.8 Å². The molecule has 2 aliphatic rings. The summed E-state index contributed by atoms with van der Waals surface area (Å²) >= 11 is 0. The summed E-state index contributed by atoms with van der Waals surface area (Å²) in [4.78, 5) is 19.7. The molecule has 1 aromatic carbocycles. The van der Waals surface area contributed by atoms with E-state index < -0.39 is 0 Å². The third kappa shape index (κ3) is 7.41. The van der Waals surface area contributed by atoms with Crippen molar-refractivity contribution in [3.05, 3.63) is 29.8 Å². The molecule has 1 saturated carbocycles. The van der Waals surface area contributed by atoms with Crippen LogP contribution in [0.15, 0.2) is 29.3 Å². The number of likely N-dealkylation sites (tertiary alicyclic amines) is 1. The number of benzene rings is 1. The van der Waals surface area contributed by atoms with Crippen LogP contribution in [0.3, 0.4) is 0 Å². The number of carbonyl (C=O) groups is 1. The number of aliphatic imine (C=N–C) groups is 1. The highest BCUT2D eigenvalue weighted by molar-refractivity contribution is 14.0. The number of guanidine groups is 1. The lowest BCUT2D eigenvalue weighted by Gasteiger charge is -2.24. The minimum absolute atomic E-state index is 0. The van der Waals surface area contributed by atoms with Crippen molar-refractivity contribution in [2.75, 3.05) is 31.5 Å². The van der Waals surface area contributed by atoms with Crippen molar-refractivity contribution >= 4 is 41.5 Å². The van der Waals surface area contributed by atoms with Crippen LogP contribution < -0.4 is 16.0 Å². The van der Waals surface area contributed by atoms with E-state index in [0.717, 1.165) is 49.7 Å². The number of anilines is 1. The van der Waals surface area contributed by atoms with Gasteiger partial charge in [-0.15, -0.1) is 24.0 Å². The molecule has 0 radical (unpaired) electrons. The number of amides is 1. The summed E-state index contributed by atoms with van der Waals surface area (Å²) in [6.45, 7) is 8.99. The Morgan fingerprint density at radius 2 is 1.93 bits per heavy atom. The van der Waals surface area contributed by atoms with E-state index in [1.807, 2.05) is 18.2 Å². The monoisotopic (exact) mass is 527 g/mol. The Balaban J connectivity index is 0.00000320. The fourth-order valence-corrected chi connectivity index (χ4v) is 4.45. The second-order valence-corrected chi connectivity index (χ2v) is 8.17. The molecule has 0 aromatic heterocycles. The van der Waals surface area contributed by atoms with Crippen molar-refractivity contribution < 1.29 is 4.79 Å². The van der Waals surface area contributed by atoms with E-state index in [4.69, 9.17) is 4.99 Å². The average Bonchev–Trinajstić information content (AvgIpc) is 3.42. The van der Waals surface area contributed by atoms with Crippen molar-refractivity contribution in [1.82, 2.24) is 15.5 Å². The highest BCUT2D eigenvalue weighted by atomic mass is 127. The van der Waals surface area contributed by atoms with Gasteiger partial charge in [-0.2, -0.15) is 0 Å². The molecule has 1 atom stereocenters. The number of rotatable bonds is 8. The molecule has 1 unspecified atom stereocenters. The van der Waals surface area contributed by atoms with E-state index >= 15 is 0 Å². The van der Waals surface area contributed by atoms with Gasteiger partial charge in [0.05, 0.1) is 6.54 Å². The van der Waals surface area contributed by atoms with Gasteiger partial charge in [0.2, 0.25) is 5.91 Å². The zero-order chi connectivity index (χ0) is 20.5. The molecule has 0 spiro atoms. The fraction of sp³-hybridized carbons (Fsp3) is 0.652. The molecular formula is C23H38IN5O. The maximum Gasteiger partial charge on any atom is 0.227 e. The number of carbonyl (C=O) groups excluding carboxylic acids is 1. The molecule has 1 aromatic rings. The van der Waals surface area contributed by atoms with Crippen molar-refractivity contribution in [1.29, 1.82) is 0 Å². The summed E-state index contributed by atoms with van der Waals surface area (Å²) in [5.74, 6) is 1.20. The van der Waals surface area contributed by atoms with Gasteiger partial charge in [0, 0.05) is 30.7 Å². The summed E-state index contributed by atoms with van der Waals surface area (Å²) in [6.07, 6.45) is 6.91. The molecule has 3 rings (SSSR count). The average molecular weight is 527 g/mol. The molecule has 1 aliphatic carbocycles. The second kappa shape index (κ2) is 13.1. The molecule has 2 fully saturated rings. The van der Waals surface area contributed by atoms with Gasteiger partial charge in [0.1, 0.15) is 0 Å². The number of halogens is 1. The molecule has 7 heteroatoms. The maximum atomic E-state index is 12.4. The molecule has 168 valence electrons. The van der Waals surface area contributed by atoms with Crippen LogP contribution in [0.2, 0.25) is 0 Å². The first-order valence-corrected chi connectivity index (χ1v) is 11.4.